The zero-order chi connectivity index (χ0) is 20.3. The van der Waals surface area contributed by atoms with Crippen LogP contribution in [0.3, 0.4) is 0 Å². The summed E-state index contributed by atoms with van der Waals surface area (Å²) >= 11 is 18.2. The molecule has 9 heteroatoms. The second kappa shape index (κ2) is 8.99. The maximum Gasteiger partial charge on any atom is 0.322 e. The predicted molar refractivity (Wildman–Crippen MR) is 114 cm³/mol. The number of nitrogens with zero attached hydrogens (tertiary/aromatic N) is 2. The number of carbonyl (C=O) groups excluding carboxylic acids is 1. The van der Waals surface area contributed by atoms with Crippen LogP contribution in [-0.2, 0) is 0 Å². The summed E-state index contributed by atoms with van der Waals surface area (Å²) in [5.74, 6) is 1.47. The molecule has 3 rings (SSSR count). The highest BCUT2D eigenvalue weighted by Gasteiger charge is 2.24. The third-order valence-electron chi connectivity index (χ3n) is 4.53. The summed E-state index contributed by atoms with van der Waals surface area (Å²) in [4.78, 5) is 16.5. The van der Waals surface area contributed by atoms with Crippen molar-refractivity contribution in [3.05, 3.63) is 45.4 Å². The Hall–Kier alpha value is -2.02. The molecule has 1 saturated heterocycles. The van der Waals surface area contributed by atoms with Gasteiger partial charge in [-0.25, -0.2) is 4.79 Å². The first-order chi connectivity index (χ1) is 13.4. The Morgan fingerprint density at radius 3 is 2.18 bits per heavy atom. The number of benzene rings is 2. The monoisotopic (exact) mass is 443 g/mol. The van der Waals surface area contributed by atoms with Crippen LogP contribution >= 0.6 is 34.8 Å². The summed E-state index contributed by atoms with van der Waals surface area (Å²) in [6.07, 6.45) is 0. The van der Waals surface area contributed by atoms with Gasteiger partial charge in [-0.15, -0.1) is 0 Å². The van der Waals surface area contributed by atoms with Gasteiger partial charge in [-0.2, -0.15) is 0 Å². The molecule has 2 aromatic carbocycles. The highest BCUT2D eigenvalue weighted by molar-refractivity contribution is 6.42. The Labute approximate surface area is 178 Å². The van der Waals surface area contributed by atoms with Crippen molar-refractivity contribution in [1.29, 1.82) is 0 Å². The fourth-order valence-electron chi connectivity index (χ4n) is 3.04. The Balaban J connectivity index is 1.65. The van der Waals surface area contributed by atoms with Gasteiger partial charge in [0.2, 0.25) is 0 Å². The van der Waals surface area contributed by atoms with Crippen LogP contribution in [0.4, 0.5) is 16.2 Å². The van der Waals surface area contributed by atoms with Gasteiger partial charge in [-0.05, 0) is 24.3 Å². The van der Waals surface area contributed by atoms with Crippen LogP contribution in [0, 0.1) is 0 Å². The number of nitrogens with one attached hydrogen (secondary N) is 1. The molecule has 0 aromatic heterocycles. The van der Waals surface area contributed by atoms with Gasteiger partial charge in [-0.3, -0.25) is 0 Å². The summed E-state index contributed by atoms with van der Waals surface area (Å²) in [7, 11) is 3.24. The number of rotatable bonds is 4. The van der Waals surface area contributed by atoms with Gasteiger partial charge in [0.25, 0.3) is 0 Å². The second-order valence-corrected chi connectivity index (χ2v) is 7.44. The SMILES string of the molecule is COc1ccc(N2CCN(C(=O)Nc3c(Cl)cc(Cl)cc3Cl)CC2)c(OC)c1. The topological polar surface area (TPSA) is 54.0 Å². The molecule has 1 aliphatic rings. The number of anilines is 2. The van der Waals surface area contributed by atoms with Gasteiger partial charge < -0.3 is 24.6 Å². The smallest absolute Gasteiger partial charge is 0.322 e. The molecule has 1 heterocycles. The second-order valence-electron chi connectivity index (χ2n) is 6.19. The summed E-state index contributed by atoms with van der Waals surface area (Å²) in [5.41, 5.74) is 1.32. The standard InChI is InChI=1S/C19H20Cl3N3O3/c1-27-13-3-4-16(17(11-13)28-2)24-5-7-25(8-6-24)19(26)23-18-14(21)9-12(20)10-15(18)22/h3-4,9-11H,5-8H2,1-2H3,(H,23,26). The Morgan fingerprint density at radius 1 is 0.964 bits per heavy atom. The van der Waals surface area contributed by atoms with Gasteiger partial charge in [0.15, 0.2) is 0 Å². The van der Waals surface area contributed by atoms with Crippen molar-refractivity contribution in [2.45, 2.75) is 0 Å². The maximum absolute atomic E-state index is 12.6. The zero-order valence-electron chi connectivity index (χ0n) is 15.5. The Kier molecular flexibility index (Phi) is 6.65. The van der Waals surface area contributed by atoms with E-state index in [0.29, 0.717) is 46.9 Å². The number of amides is 2. The van der Waals surface area contributed by atoms with E-state index in [4.69, 9.17) is 44.3 Å². The molecule has 1 aliphatic heterocycles. The fraction of sp³-hybridized carbons (Fsp3) is 0.316. The lowest BCUT2D eigenvalue weighted by atomic mass is 10.2. The van der Waals surface area contributed by atoms with Gasteiger partial charge in [-0.1, -0.05) is 34.8 Å². The molecule has 0 spiro atoms. The molecule has 2 amide bonds. The van der Waals surface area contributed by atoms with Crippen molar-refractivity contribution in [3.8, 4) is 11.5 Å². The van der Waals surface area contributed by atoms with Gasteiger partial charge in [0, 0.05) is 37.3 Å². The molecule has 1 N–H and O–H groups in total. The largest absolute Gasteiger partial charge is 0.497 e. The number of methoxy groups -OCH3 is 2. The maximum atomic E-state index is 12.6. The lowest BCUT2D eigenvalue weighted by molar-refractivity contribution is 0.208. The predicted octanol–water partition coefficient (Wildman–Crippen LogP) is 5.02. The molecule has 28 heavy (non-hydrogen) atoms. The third-order valence-corrected chi connectivity index (χ3v) is 5.35. The normalized spacial score (nSPS) is 14.0. The van der Waals surface area contributed by atoms with Crippen molar-refractivity contribution in [2.75, 3.05) is 50.6 Å². The molecule has 0 saturated carbocycles. The number of hydrogen-bond donors (Lipinski definition) is 1. The quantitative estimate of drug-likeness (QED) is 0.719. The molecular weight excluding hydrogens is 425 g/mol. The molecule has 6 nitrogen and oxygen atoms in total. The van der Waals surface area contributed by atoms with Crippen molar-refractivity contribution in [3.63, 3.8) is 0 Å². The summed E-state index contributed by atoms with van der Waals surface area (Å²) < 4.78 is 10.7. The van der Waals surface area contributed by atoms with Gasteiger partial charge in [0.05, 0.1) is 35.6 Å². The zero-order valence-corrected chi connectivity index (χ0v) is 17.7. The fourth-order valence-corrected chi connectivity index (χ4v) is 3.96. The number of urea groups is 1. The molecule has 0 radical (unpaired) electrons. The van der Waals surface area contributed by atoms with E-state index >= 15 is 0 Å². The highest BCUT2D eigenvalue weighted by Crippen LogP contribution is 2.35. The molecule has 2 aromatic rings. The molecule has 0 unspecified atom stereocenters. The minimum Gasteiger partial charge on any atom is -0.497 e. The third kappa shape index (κ3) is 4.51. The summed E-state index contributed by atoms with van der Waals surface area (Å²) in [6.45, 7) is 2.42. The first kappa shape index (κ1) is 20.7. The van der Waals surface area contributed by atoms with Crippen LogP contribution in [0.2, 0.25) is 15.1 Å². The summed E-state index contributed by atoms with van der Waals surface area (Å²) in [6, 6.07) is 8.52. The summed E-state index contributed by atoms with van der Waals surface area (Å²) in [5, 5.41) is 3.78. The molecule has 150 valence electrons. The number of piperazine rings is 1. The molecule has 1 fully saturated rings. The number of carbonyl (C=O) groups is 1. The van der Waals surface area contributed by atoms with Crippen LogP contribution in [0.25, 0.3) is 0 Å². The number of halogens is 3. The molecule has 0 atom stereocenters. The number of hydrogen-bond acceptors (Lipinski definition) is 4. The van der Waals surface area contributed by atoms with Crippen LogP contribution in [-0.4, -0.2) is 51.3 Å². The van der Waals surface area contributed by atoms with Crippen LogP contribution in [0.15, 0.2) is 30.3 Å². The first-order valence-electron chi connectivity index (χ1n) is 8.60. The van der Waals surface area contributed by atoms with Crippen LogP contribution in [0.1, 0.15) is 0 Å². The van der Waals surface area contributed by atoms with E-state index in [1.807, 2.05) is 18.2 Å². The van der Waals surface area contributed by atoms with Crippen LogP contribution < -0.4 is 19.7 Å². The first-order valence-corrected chi connectivity index (χ1v) is 9.73. The molecule has 0 bridgehead atoms. The minimum absolute atomic E-state index is 0.257. The van der Waals surface area contributed by atoms with Gasteiger partial charge >= 0.3 is 6.03 Å². The van der Waals surface area contributed by atoms with Crippen molar-refractivity contribution >= 4 is 52.2 Å². The van der Waals surface area contributed by atoms with E-state index in [0.717, 1.165) is 17.2 Å². The average Bonchev–Trinajstić information content (AvgIpc) is 2.70. The average molecular weight is 445 g/mol. The van der Waals surface area contributed by atoms with Crippen LogP contribution in [0.5, 0.6) is 11.5 Å². The van der Waals surface area contributed by atoms with Gasteiger partial charge in [0.1, 0.15) is 11.5 Å². The molecule has 0 aliphatic carbocycles. The Morgan fingerprint density at radius 2 is 1.61 bits per heavy atom. The van der Waals surface area contributed by atoms with E-state index in [1.165, 1.54) is 0 Å². The highest BCUT2D eigenvalue weighted by atomic mass is 35.5. The van der Waals surface area contributed by atoms with E-state index in [9.17, 15) is 4.79 Å². The lowest BCUT2D eigenvalue weighted by Crippen LogP contribution is -2.50. The van der Waals surface area contributed by atoms with E-state index in [-0.39, 0.29) is 6.03 Å². The molecular formula is C19H20Cl3N3O3. The lowest BCUT2D eigenvalue weighted by Gasteiger charge is -2.36. The Bertz CT molecular complexity index is 848. The number of ether oxygens (including phenoxy) is 2. The van der Waals surface area contributed by atoms with E-state index in [1.54, 1.807) is 31.3 Å². The van der Waals surface area contributed by atoms with E-state index in [2.05, 4.69) is 10.2 Å². The van der Waals surface area contributed by atoms with Crippen molar-refractivity contribution in [2.24, 2.45) is 0 Å². The van der Waals surface area contributed by atoms with E-state index < -0.39 is 0 Å². The minimum atomic E-state index is -0.257. The van der Waals surface area contributed by atoms with Crippen molar-refractivity contribution < 1.29 is 14.3 Å². The van der Waals surface area contributed by atoms with Crippen molar-refractivity contribution in [1.82, 2.24) is 4.90 Å².